The maximum absolute atomic E-state index is 10.9. The summed E-state index contributed by atoms with van der Waals surface area (Å²) in [6, 6.07) is 0. The minimum atomic E-state index is -1.55. The van der Waals surface area contributed by atoms with Crippen molar-refractivity contribution < 1.29 is 58.7 Å². The van der Waals surface area contributed by atoms with E-state index in [1.54, 1.807) is 0 Å². The smallest absolute Gasteiger partial charge is 0.545 e. The molecule has 0 aliphatic rings. The average molecular weight is 1260 g/mol. The third-order valence-electron chi connectivity index (χ3n) is 10.4. The molecule has 0 bridgehead atoms. The van der Waals surface area contributed by atoms with Crippen LogP contribution < -0.4 is 20.4 Å². The Morgan fingerprint density at radius 2 is 0.378 bits per heavy atom. The fourth-order valence-corrected chi connectivity index (χ4v) is 6.03. The predicted molar refractivity (Wildman–Crippen MR) is 304 cm³/mol. The SMILES string of the molecule is CCCCCCCC.CCCCCCCC.CCCCCCCC.CCCCCCCC.CCCCCCCCOC(=O)/C=C\C(=O)[O-].CCCCCCCCOC(=O)/C=C\C(=O)[O-].O=C([O-])/C=C\C(=O)[O-].[Sn+2].[Sn+2]. The van der Waals surface area contributed by atoms with E-state index < -0.39 is 35.8 Å². The third kappa shape index (κ3) is 128. The van der Waals surface area contributed by atoms with Crippen LogP contribution in [0.3, 0.4) is 0 Å². The summed E-state index contributed by atoms with van der Waals surface area (Å²) < 4.78 is 9.56. The maximum Gasteiger partial charge on any atom is 2.00 e. The Morgan fingerprint density at radius 1 is 0.243 bits per heavy atom. The second kappa shape index (κ2) is 90.2. The normalized spacial score (nSPS) is 9.81. The first-order valence-electron chi connectivity index (χ1n) is 28.8. The van der Waals surface area contributed by atoms with Gasteiger partial charge in [-0.3, -0.25) is 0 Å². The Balaban J connectivity index is -0.0000000973. The number of carboxylic acid groups (broad SMARTS) is 4. The number of hydrogen-bond donors (Lipinski definition) is 0. The Morgan fingerprint density at radius 3 is 0.527 bits per heavy atom. The van der Waals surface area contributed by atoms with Gasteiger partial charge in [0.25, 0.3) is 0 Å². The second-order valence-corrected chi connectivity index (χ2v) is 17.8. The van der Waals surface area contributed by atoms with Crippen LogP contribution in [0.4, 0.5) is 0 Å². The topological polar surface area (TPSA) is 213 Å². The minimum absolute atomic E-state index is 0. The molecule has 0 unspecified atom stereocenters. The van der Waals surface area contributed by atoms with E-state index >= 15 is 0 Å². The Labute approximate surface area is 489 Å². The molecule has 12 nitrogen and oxygen atoms in total. The van der Waals surface area contributed by atoms with Gasteiger partial charge in [0, 0.05) is 12.2 Å². The van der Waals surface area contributed by atoms with Crippen LogP contribution in [0.1, 0.15) is 300 Å². The van der Waals surface area contributed by atoms with E-state index in [-0.39, 0.29) is 47.8 Å². The maximum atomic E-state index is 10.9. The zero-order valence-electron chi connectivity index (χ0n) is 49.2. The summed E-state index contributed by atoms with van der Waals surface area (Å²) in [7, 11) is 0. The van der Waals surface area contributed by atoms with E-state index in [2.05, 4.69) is 69.2 Å². The van der Waals surface area contributed by atoms with Crippen molar-refractivity contribution in [2.75, 3.05) is 13.2 Å². The van der Waals surface area contributed by atoms with Crippen LogP contribution in [0.15, 0.2) is 36.5 Å². The molecule has 0 aromatic carbocycles. The molecular formula is C60H112O12Sn2. The van der Waals surface area contributed by atoms with Gasteiger partial charge in [-0.2, -0.15) is 0 Å². The largest absolute Gasteiger partial charge is 2.00 e. The molecule has 0 aromatic heterocycles. The van der Waals surface area contributed by atoms with Gasteiger partial charge in [-0.15, -0.1) is 0 Å². The molecule has 0 aliphatic heterocycles. The van der Waals surface area contributed by atoms with Crippen LogP contribution in [0.2, 0.25) is 0 Å². The van der Waals surface area contributed by atoms with Crippen LogP contribution in [0.25, 0.3) is 0 Å². The number of carbonyl (C=O) groups excluding carboxylic acids is 6. The molecule has 0 saturated carbocycles. The van der Waals surface area contributed by atoms with Gasteiger partial charge < -0.3 is 49.1 Å². The molecule has 0 N–H and O–H groups in total. The van der Waals surface area contributed by atoms with Crippen LogP contribution in [0.5, 0.6) is 0 Å². The number of hydrogen-bond acceptors (Lipinski definition) is 12. The molecule has 0 rings (SSSR count). The number of rotatable bonds is 40. The molecule has 0 atom stereocenters. The second-order valence-electron chi connectivity index (χ2n) is 17.8. The van der Waals surface area contributed by atoms with E-state index in [9.17, 15) is 49.2 Å². The van der Waals surface area contributed by atoms with Crippen molar-refractivity contribution in [3.8, 4) is 0 Å². The van der Waals surface area contributed by atoms with Crippen LogP contribution in [-0.4, -0.2) is 96.8 Å². The van der Waals surface area contributed by atoms with Gasteiger partial charge in [0.05, 0.1) is 37.1 Å². The standard InChI is InChI=1S/2C12H20O4.4C8H18.C4H4O4.2Sn/c2*1-2-3-4-5-6-7-10-16-12(15)9-8-11(13)14;4*1-3-5-7-8-6-4-2;5-3(6)1-2-4(7)8;;/h2*8-9H,2-7,10H2,1H3,(H,13,14);4*3-8H2,1-2H3;1-2H,(H,5,6)(H,7,8);;/q;;;;;;;2*+2/p-4/b2*9-8-;;;;;2-1-;;. The number of ether oxygens (including phenoxy) is 2. The Hall–Kier alpha value is -2.36. The monoisotopic (exact) mass is 1260 g/mol. The molecule has 14 heteroatoms. The predicted octanol–water partition coefficient (Wildman–Crippen LogP) is 12.1. The summed E-state index contributed by atoms with van der Waals surface area (Å²) in [6.07, 6.45) is 51.2. The van der Waals surface area contributed by atoms with Crippen LogP contribution in [0, 0.1) is 0 Å². The Kier molecular flexibility index (Phi) is 111. The van der Waals surface area contributed by atoms with E-state index in [0.717, 1.165) is 50.7 Å². The van der Waals surface area contributed by atoms with Gasteiger partial charge in [0.1, 0.15) is 0 Å². The molecule has 0 fully saturated rings. The molecule has 0 aliphatic carbocycles. The van der Waals surface area contributed by atoms with E-state index in [1.165, 1.54) is 193 Å². The number of carbonyl (C=O) groups is 6. The summed E-state index contributed by atoms with van der Waals surface area (Å²) in [5, 5.41) is 38.8. The van der Waals surface area contributed by atoms with Gasteiger partial charge in [-0.05, 0) is 37.1 Å². The molecule has 432 valence electrons. The molecule has 0 spiro atoms. The summed E-state index contributed by atoms with van der Waals surface area (Å²) in [5.74, 6) is -7.13. The first-order chi connectivity index (χ1) is 34.6. The summed E-state index contributed by atoms with van der Waals surface area (Å²) >= 11 is 0. The molecule has 0 amide bonds. The third-order valence-corrected chi connectivity index (χ3v) is 10.4. The minimum Gasteiger partial charge on any atom is -0.545 e. The summed E-state index contributed by atoms with van der Waals surface area (Å²) in [4.78, 5) is 60.5. The zero-order valence-corrected chi connectivity index (χ0v) is 54.9. The molecule has 0 saturated heterocycles. The van der Waals surface area contributed by atoms with Crippen molar-refractivity contribution >= 4 is 83.6 Å². The first-order valence-corrected chi connectivity index (χ1v) is 28.8. The van der Waals surface area contributed by atoms with Crippen molar-refractivity contribution in [3.63, 3.8) is 0 Å². The van der Waals surface area contributed by atoms with E-state index in [4.69, 9.17) is 9.47 Å². The van der Waals surface area contributed by atoms with E-state index in [1.807, 2.05) is 0 Å². The number of esters is 2. The van der Waals surface area contributed by atoms with Gasteiger partial charge in [-0.25, -0.2) is 9.59 Å². The van der Waals surface area contributed by atoms with Crippen LogP contribution >= 0.6 is 0 Å². The van der Waals surface area contributed by atoms with Crippen molar-refractivity contribution in [2.24, 2.45) is 0 Å². The van der Waals surface area contributed by atoms with Crippen molar-refractivity contribution in [2.45, 2.75) is 300 Å². The molecule has 4 radical (unpaired) electrons. The average Bonchev–Trinajstić information content (AvgIpc) is 3.35. The fourth-order valence-electron chi connectivity index (χ4n) is 6.03. The fraction of sp³-hybridized carbons (Fsp3) is 0.800. The quantitative estimate of drug-likeness (QED) is 0.0243. The number of unbranched alkanes of at least 4 members (excludes halogenated alkanes) is 30. The van der Waals surface area contributed by atoms with Gasteiger partial charge in [0.2, 0.25) is 0 Å². The number of carboxylic acids is 4. The zero-order chi connectivity index (χ0) is 56.0. The Bertz CT molecular complexity index is 1070. The molecular weight excluding hydrogens is 1150 g/mol. The summed E-state index contributed by atoms with van der Waals surface area (Å²) in [6.45, 7) is 23.1. The molecule has 0 heterocycles. The van der Waals surface area contributed by atoms with Gasteiger partial charge in [-0.1, -0.05) is 288 Å². The van der Waals surface area contributed by atoms with E-state index in [0.29, 0.717) is 37.5 Å². The number of aliphatic carboxylic acids is 4. The van der Waals surface area contributed by atoms with Crippen molar-refractivity contribution in [1.29, 1.82) is 0 Å². The summed E-state index contributed by atoms with van der Waals surface area (Å²) in [5.41, 5.74) is 0. The van der Waals surface area contributed by atoms with Gasteiger partial charge in [0.15, 0.2) is 0 Å². The molecule has 0 aromatic rings. The van der Waals surface area contributed by atoms with Crippen molar-refractivity contribution in [3.05, 3.63) is 36.5 Å². The molecule has 74 heavy (non-hydrogen) atoms. The van der Waals surface area contributed by atoms with Crippen LogP contribution in [-0.2, 0) is 38.2 Å². The van der Waals surface area contributed by atoms with Gasteiger partial charge >= 0.3 is 59.8 Å². The van der Waals surface area contributed by atoms with Crippen molar-refractivity contribution in [1.82, 2.24) is 0 Å². The first kappa shape index (κ1) is 91.1.